The van der Waals surface area contributed by atoms with Gasteiger partial charge in [-0.2, -0.15) is 5.26 Å². The summed E-state index contributed by atoms with van der Waals surface area (Å²) < 4.78 is 10.9. The number of hydrogen-bond acceptors (Lipinski definition) is 7. The van der Waals surface area contributed by atoms with Crippen molar-refractivity contribution in [1.82, 2.24) is 20.2 Å². The summed E-state index contributed by atoms with van der Waals surface area (Å²) >= 11 is 0. The maximum atomic E-state index is 9.25. The number of rotatable bonds is 6. The molecule has 0 aliphatic carbocycles. The third-order valence-electron chi connectivity index (χ3n) is 6.25. The van der Waals surface area contributed by atoms with Gasteiger partial charge in [0.25, 0.3) is 0 Å². The number of anilines is 1. The van der Waals surface area contributed by atoms with Crippen molar-refractivity contribution in [1.29, 1.82) is 5.26 Å². The van der Waals surface area contributed by atoms with Crippen LogP contribution >= 0.6 is 0 Å². The second-order valence-corrected chi connectivity index (χ2v) is 8.68. The van der Waals surface area contributed by atoms with E-state index < -0.39 is 0 Å². The van der Waals surface area contributed by atoms with E-state index in [1.54, 1.807) is 20.5 Å². The smallest absolute Gasteiger partial charge is 0.210 e. The van der Waals surface area contributed by atoms with E-state index in [4.69, 9.17) is 9.47 Å². The summed E-state index contributed by atoms with van der Waals surface area (Å²) in [6, 6.07) is 12.3. The number of benzene rings is 2. The number of methoxy groups -OCH3 is 2. The maximum absolute atomic E-state index is 9.25. The highest BCUT2D eigenvalue weighted by molar-refractivity contribution is 5.92. The van der Waals surface area contributed by atoms with Crippen LogP contribution in [0.25, 0.3) is 10.9 Å². The molecule has 9 heteroatoms. The number of piperazine rings is 1. The molecule has 0 amide bonds. The van der Waals surface area contributed by atoms with Crippen LogP contribution < -0.4 is 19.7 Å². The van der Waals surface area contributed by atoms with Crippen LogP contribution in [0.4, 0.5) is 5.82 Å². The lowest BCUT2D eigenvalue weighted by atomic mass is 10.0. The number of aromatic nitrogens is 2. The monoisotopic (exact) mass is 473 g/mol. The van der Waals surface area contributed by atoms with Gasteiger partial charge in [0.15, 0.2) is 11.5 Å². The van der Waals surface area contributed by atoms with Crippen LogP contribution in [-0.2, 0) is 6.54 Å². The zero-order valence-electron chi connectivity index (χ0n) is 20.7. The van der Waals surface area contributed by atoms with Gasteiger partial charge in [0.2, 0.25) is 12.2 Å². The largest absolute Gasteiger partial charge is 0.493 e. The van der Waals surface area contributed by atoms with Crippen LogP contribution in [0.5, 0.6) is 11.5 Å². The second-order valence-electron chi connectivity index (χ2n) is 8.68. The Kier molecular flexibility index (Phi) is 7.51. The van der Waals surface area contributed by atoms with Crippen LogP contribution in [0.3, 0.4) is 0 Å². The van der Waals surface area contributed by atoms with Gasteiger partial charge in [-0.15, -0.1) is 4.99 Å². The molecule has 0 radical (unpaired) electrons. The number of ether oxygens (including phenoxy) is 2. The first-order valence-electron chi connectivity index (χ1n) is 11.7. The number of aliphatic imine (C=N–C) groups is 1. The highest BCUT2D eigenvalue weighted by Crippen LogP contribution is 2.34. The highest BCUT2D eigenvalue weighted by Gasteiger charge is 2.23. The van der Waals surface area contributed by atoms with Gasteiger partial charge in [-0.3, -0.25) is 0 Å². The standard InChI is InChI=1S/C26H31N7O2/c1-18(2)20-7-5-19(6-8-20)15-28-26(29-16-27)33-11-9-32(10-12-33)25-21-13-23(34-3)24(35-4)14-22(21)30-17-31-25/h5-8,13-14,17-18H,9-12,15H2,1-4H3,(H,28,29). The first-order valence-corrected chi connectivity index (χ1v) is 11.7. The SMILES string of the molecule is COc1cc2ncnc(N3CCN(/C(=N/C#N)NCc4ccc(C(C)C)cc4)CC3)c2cc1OC. The van der Waals surface area contributed by atoms with Crippen LogP contribution in [0.1, 0.15) is 30.9 Å². The summed E-state index contributed by atoms with van der Waals surface area (Å²) in [6.45, 7) is 7.85. The molecule has 1 aliphatic heterocycles. The van der Waals surface area contributed by atoms with Crippen LogP contribution in [0.2, 0.25) is 0 Å². The van der Waals surface area contributed by atoms with Gasteiger partial charge in [-0.1, -0.05) is 38.1 Å². The quantitative estimate of drug-likeness (QED) is 0.330. The average molecular weight is 474 g/mol. The van der Waals surface area contributed by atoms with Gasteiger partial charge in [0, 0.05) is 44.2 Å². The lowest BCUT2D eigenvalue weighted by Gasteiger charge is -2.37. The Bertz CT molecular complexity index is 1230. The first-order chi connectivity index (χ1) is 17.0. The summed E-state index contributed by atoms with van der Waals surface area (Å²) in [5, 5.41) is 13.5. The molecule has 1 aliphatic rings. The van der Waals surface area contributed by atoms with E-state index in [1.165, 1.54) is 5.56 Å². The molecule has 0 spiro atoms. The van der Waals surface area contributed by atoms with Crippen LogP contribution in [0.15, 0.2) is 47.7 Å². The predicted octanol–water partition coefficient (Wildman–Crippen LogP) is 3.52. The predicted molar refractivity (Wildman–Crippen MR) is 137 cm³/mol. The van der Waals surface area contributed by atoms with E-state index in [9.17, 15) is 5.26 Å². The molecule has 4 rings (SSSR count). The Balaban J connectivity index is 1.44. The maximum Gasteiger partial charge on any atom is 0.210 e. The Morgan fingerprint density at radius 1 is 1.06 bits per heavy atom. The molecule has 0 saturated carbocycles. The van der Waals surface area contributed by atoms with Gasteiger partial charge in [-0.05, 0) is 23.1 Å². The van der Waals surface area contributed by atoms with E-state index in [0.29, 0.717) is 43.0 Å². The fourth-order valence-electron chi connectivity index (χ4n) is 4.22. The molecule has 0 atom stereocenters. The van der Waals surface area contributed by atoms with E-state index in [-0.39, 0.29) is 0 Å². The number of guanidine groups is 1. The fraction of sp³-hybridized carbons (Fsp3) is 0.385. The number of nitrogens with zero attached hydrogens (tertiary/aromatic N) is 6. The number of hydrogen-bond donors (Lipinski definition) is 1. The summed E-state index contributed by atoms with van der Waals surface area (Å²) in [7, 11) is 3.23. The molecule has 0 unspecified atom stereocenters. The van der Waals surface area contributed by atoms with Crippen molar-refractivity contribution in [3.05, 3.63) is 53.9 Å². The molecule has 35 heavy (non-hydrogen) atoms. The van der Waals surface area contributed by atoms with Gasteiger partial charge in [-0.25, -0.2) is 9.97 Å². The Labute approximate surface area is 206 Å². The molecule has 1 N–H and O–H groups in total. The van der Waals surface area contributed by atoms with Crippen molar-refractivity contribution < 1.29 is 9.47 Å². The molecule has 1 saturated heterocycles. The highest BCUT2D eigenvalue weighted by atomic mass is 16.5. The van der Waals surface area contributed by atoms with E-state index in [0.717, 1.165) is 35.4 Å². The average Bonchev–Trinajstić information content (AvgIpc) is 2.90. The number of nitriles is 1. The molecule has 2 aromatic carbocycles. The third kappa shape index (κ3) is 5.38. The molecule has 3 aromatic rings. The molecule has 9 nitrogen and oxygen atoms in total. The van der Waals surface area contributed by atoms with Crippen molar-refractivity contribution in [3.8, 4) is 17.7 Å². The minimum Gasteiger partial charge on any atom is -0.493 e. The van der Waals surface area contributed by atoms with Gasteiger partial charge in [0.1, 0.15) is 12.1 Å². The molecule has 0 bridgehead atoms. The molecular formula is C26H31N7O2. The van der Waals surface area contributed by atoms with Gasteiger partial charge >= 0.3 is 0 Å². The molecule has 2 heterocycles. The van der Waals surface area contributed by atoms with E-state index in [2.05, 4.69) is 68.2 Å². The van der Waals surface area contributed by atoms with Crippen molar-refractivity contribution in [2.75, 3.05) is 45.3 Å². The molecular weight excluding hydrogens is 442 g/mol. The van der Waals surface area contributed by atoms with Crippen LogP contribution in [-0.4, -0.2) is 61.2 Å². The number of nitrogens with one attached hydrogen (secondary N) is 1. The first kappa shape index (κ1) is 24.1. The van der Waals surface area contributed by atoms with Gasteiger partial charge < -0.3 is 24.6 Å². The summed E-state index contributed by atoms with van der Waals surface area (Å²) in [5.74, 6) is 3.23. The molecule has 182 valence electrons. The van der Waals surface area contributed by atoms with Crippen molar-refractivity contribution in [2.45, 2.75) is 26.3 Å². The Morgan fingerprint density at radius 2 is 1.74 bits per heavy atom. The van der Waals surface area contributed by atoms with E-state index >= 15 is 0 Å². The Hall–Kier alpha value is -4.06. The topological polar surface area (TPSA) is 98.9 Å². The summed E-state index contributed by atoms with van der Waals surface area (Å²) in [6.07, 6.45) is 3.51. The van der Waals surface area contributed by atoms with Crippen molar-refractivity contribution in [2.24, 2.45) is 4.99 Å². The third-order valence-corrected chi connectivity index (χ3v) is 6.25. The minimum absolute atomic E-state index is 0.499. The van der Waals surface area contributed by atoms with E-state index in [1.807, 2.05) is 18.3 Å². The van der Waals surface area contributed by atoms with Crippen molar-refractivity contribution in [3.63, 3.8) is 0 Å². The molecule has 1 fully saturated rings. The van der Waals surface area contributed by atoms with Crippen molar-refractivity contribution >= 4 is 22.7 Å². The number of fused-ring (bicyclic) bond motifs is 1. The molecule has 1 aromatic heterocycles. The summed E-state index contributed by atoms with van der Waals surface area (Å²) in [5.41, 5.74) is 3.26. The lowest BCUT2D eigenvalue weighted by Crippen LogP contribution is -2.52. The van der Waals surface area contributed by atoms with Crippen LogP contribution in [0, 0.1) is 11.5 Å². The Morgan fingerprint density at radius 3 is 2.37 bits per heavy atom. The fourth-order valence-corrected chi connectivity index (χ4v) is 4.22. The zero-order valence-corrected chi connectivity index (χ0v) is 20.7. The normalized spacial score (nSPS) is 14.2. The second kappa shape index (κ2) is 10.9. The minimum atomic E-state index is 0.499. The zero-order chi connectivity index (χ0) is 24.8. The summed E-state index contributed by atoms with van der Waals surface area (Å²) in [4.78, 5) is 17.4. The van der Waals surface area contributed by atoms with Gasteiger partial charge in [0.05, 0.1) is 19.7 Å². The lowest BCUT2D eigenvalue weighted by molar-refractivity contribution is 0.355.